The first-order valence-electron chi connectivity index (χ1n) is 5.70. The molecule has 100 valence electrons. The van der Waals surface area contributed by atoms with Crippen LogP contribution >= 0.6 is 11.3 Å². The van der Waals surface area contributed by atoms with Crippen LogP contribution in [0.1, 0.15) is 5.01 Å². The summed E-state index contributed by atoms with van der Waals surface area (Å²) in [5, 5.41) is 6.23. The maximum Gasteiger partial charge on any atom is 0.343 e. The van der Waals surface area contributed by atoms with E-state index in [9.17, 15) is 4.79 Å². The second-order valence-corrected chi connectivity index (χ2v) is 4.65. The summed E-state index contributed by atoms with van der Waals surface area (Å²) < 4.78 is 9.74. The maximum atomic E-state index is 10.9. The number of hydrogen-bond donors (Lipinski definition) is 1. The zero-order valence-electron chi connectivity index (χ0n) is 10.5. The fraction of sp³-hybridized carbons (Fsp3) is 0.231. The Labute approximate surface area is 115 Å². The number of nitrogens with zero attached hydrogens (tertiary/aromatic N) is 1. The van der Waals surface area contributed by atoms with Gasteiger partial charge in [-0.25, -0.2) is 9.78 Å². The Bertz CT molecular complexity index is 511. The number of methoxy groups -OCH3 is 1. The van der Waals surface area contributed by atoms with Gasteiger partial charge in [0.1, 0.15) is 10.8 Å². The van der Waals surface area contributed by atoms with Crippen LogP contribution in [0.2, 0.25) is 0 Å². The van der Waals surface area contributed by atoms with Gasteiger partial charge in [0, 0.05) is 17.3 Å². The number of ether oxygens (including phenoxy) is 2. The molecule has 0 aliphatic carbocycles. The van der Waals surface area contributed by atoms with Crippen LogP contribution in [-0.2, 0) is 16.1 Å². The number of rotatable bonds is 6. The molecule has 0 spiro atoms. The van der Waals surface area contributed by atoms with Gasteiger partial charge in [-0.05, 0) is 24.3 Å². The molecular formula is C13H14N2O3S. The zero-order chi connectivity index (χ0) is 13.5. The lowest BCUT2D eigenvalue weighted by atomic mass is 10.3. The lowest BCUT2D eigenvalue weighted by Gasteiger charge is -2.07. The number of benzene rings is 1. The largest absolute Gasteiger partial charge is 0.482 e. The Balaban J connectivity index is 1.82. The van der Waals surface area contributed by atoms with E-state index in [1.165, 1.54) is 7.11 Å². The molecule has 2 rings (SSSR count). The maximum absolute atomic E-state index is 10.9. The molecule has 0 saturated heterocycles. The van der Waals surface area contributed by atoms with Crippen molar-refractivity contribution < 1.29 is 14.3 Å². The summed E-state index contributed by atoms with van der Waals surface area (Å²) >= 11 is 1.61. The molecule has 2 aromatic rings. The summed E-state index contributed by atoms with van der Waals surface area (Å²) in [6, 6.07) is 7.38. The first-order chi connectivity index (χ1) is 9.28. The highest BCUT2D eigenvalue weighted by molar-refractivity contribution is 7.09. The van der Waals surface area contributed by atoms with Crippen molar-refractivity contribution in [1.82, 2.24) is 4.98 Å². The van der Waals surface area contributed by atoms with Gasteiger partial charge < -0.3 is 14.8 Å². The molecule has 1 N–H and O–H groups in total. The standard InChI is InChI=1S/C13H14N2O3S/c1-17-13(16)9-18-11-4-2-10(3-5-11)15-8-12-14-6-7-19-12/h2-7,15H,8-9H2,1H3. The van der Waals surface area contributed by atoms with Gasteiger partial charge in [0.15, 0.2) is 6.61 Å². The van der Waals surface area contributed by atoms with Gasteiger partial charge in [0.05, 0.1) is 13.7 Å². The minimum absolute atomic E-state index is 0.0810. The molecule has 1 aromatic heterocycles. The number of aromatic nitrogens is 1. The van der Waals surface area contributed by atoms with Gasteiger partial charge >= 0.3 is 5.97 Å². The Morgan fingerprint density at radius 2 is 2.16 bits per heavy atom. The first kappa shape index (κ1) is 13.4. The fourth-order valence-corrected chi connectivity index (χ4v) is 1.94. The third-order valence-electron chi connectivity index (χ3n) is 2.37. The highest BCUT2D eigenvalue weighted by Crippen LogP contribution is 2.16. The van der Waals surface area contributed by atoms with E-state index in [1.54, 1.807) is 29.7 Å². The van der Waals surface area contributed by atoms with Crippen LogP contribution in [0.25, 0.3) is 0 Å². The molecule has 0 saturated carbocycles. The van der Waals surface area contributed by atoms with Crippen molar-refractivity contribution in [3.05, 3.63) is 40.8 Å². The zero-order valence-corrected chi connectivity index (χ0v) is 11.3. The van der Waals surface area contributed by atoms with Crippen molar-refractivity contribution in [3.8, 4) is 5.75 Å². The molecule has 6 heteroatoms. The van der Waals surface area contributed by atoms with E-state index in [-0.39, 0.29) is 6.61 Å². The van der Waals surface area contributed by atoms with Crippen molar-refractivity contribution in [3.63, 3.8) is 0 Å². The lowest BCUT2D eigenvalue weighted by molar-refractivity contribution is -0.142. The van der Waals surface area contributed by atoms with Gasteiger partial charge in [-0.3, -0.25) is 0 Å². The molecule has 0 aliphatic rings. The van der Waals surface area contributed by atoms with Crippen molar-refractivity contribution in [1.29, 1.82) is 0 Å². The fourth-order valence-electron chi connectivity index (χ4n) is 1.39. The third-order valence-corrected chi connectivity index (χ3v) is 3.15. The molecule has 0 unspecified atom stereocenters. The predicted octanol–water partition coefficient (Wildman–Crippen LogP) is 2.31. The Morgan fingerprint density at radius 1 is 1.37 bits per heavy atom. The van der Waals surface area contributed by atoms with E-state index in [2.05, 4.69) is 15.0 Å². The molecule has 1 heterocycles. The normalized spacial score (nSPS) is 9.95. The van der Waals surface area contributed by atoms with Gasteiger partial charge in [-0.1, -0.05) is 0 Å². The molecule has 0 bridgehead atoms. The number of thiazole rings is 1. The molecule has 1 aromatic carbocycles. The van der Waals surface area contributed by atoms with Crippen LogP contribution < -0.4 is 10.1 Å². The van der Waals surface area contributed by atoms with Crippen molar-refractivity contribution in [2.75, 3.05) is 19.0 Å². The van der Waals surface area contributed by atoms with Crippen LogP contribution in [0.4, 0.5) is 5.69 Å². The number of nitrogens with one attached hydrogen (secondary N) is 1. The quantitative estimate of drug-likeness (QED) is 0.822. The van der Waals surface area contributed by atoms with E-state index in [0.29, 0.717) is 12.3 Å². The molecule has 19 heavy (non-hydrogen) atoms. The Kier molecular flexibility index (Phi) is 4.74. The average molecular weight is 278 g/mol. The summed E-state index contributed by atoms with van der Waals surface area (Å²) in [7, 11) is 1.33. The number of carbonyl (C=O) groups is 1. The van der Waals surface area contributed by atoms with Crippen LogP contribution in [0.5, 0.6) is 5.75 Å². The Hall–Kier alpha value is -2.08. The number of anilines is 1. The van der Waals surface area contributed by atoms with E-state index in [0.717, 1.165) is 10.7 Å². The molecule has 0 amide bonds. The van der Waals surface area contributed by atoms with Crippen molar-refractivity contribution in [2.45, 2.75) is 6.54 Å². The van der Waals surface area contributed by atoms with Gasteiger partial charge in [-0.15, -0.1) is 11.3 Å². The average Bonchev–Trinajstić information content (AvgIpc) is 2.97. The van der Waals surface area contributed by atoms with E-state index in [4.69, 9.17) is 4.74 Å². The van der Waals surface area contributed by atoms with Gasteiger partial charge in [0.25, 0.3) is 0 Å². The summed E-state index contributed by atoms with van der Waals surface area (Å²) in [4.78, 5) is 15.1. The van der Waals surface area contributed by atoms with Gasteiger partial charge in [0.2, 0.25) is 0 Å². The topological polar surface area (TPSA) is 60.5 Å². The monoisotopic (exact) mass is 278 g/mol. The number of carbonyl (C=O) groups excluding carboxylic acids is 1. The first-order valence-corrected chi connectivity index (χ1v) is 6.58. The number of hydrogen-bond acceptors (Lipinski definition) is 6. The minimum atomic E-state index is -0.397. The summed E-state index contributed by atoms with van der Waals surface area (Å²) in [5.41, 5.74) is 0.973. The minimum Gasteiger partial charge on any atom is -0.482 e. The SMILES string of the molecule is COC(=O)COc1ccc(NCc2nccs2)cc1. The summed E-state index contributed by atoms with van der Waals surface area (Å²) in [6.45, 7) is 0.614. The van der Waals surface area contributed by atoms with Crippen molar-refractivity contribution >= 4 is 23.0 Å². The van der Waals surface area contributed by atoms with Crippen LogP contribution in [0, 0.1) is 0 Å². The van der Waals surface area contributed by atoms with E-state index in [1.807, 2.05) is 17.5 Å². The van der Waals surface area contributed by atoms with E-state index >= 15 is 0 Å². The summed E-state index contributed by atoms with van der Waals surface area (Å²) in [5.74, 6) is 0.233. The molecule has 0 fully saturated rings. The van der Waals surface area contributed by atoms with Crippen LogP contribution in [0.15, 0.2) is 35.8 Å². The molecule has 0 radical (unpaired) electrons. The second kappa shape index (κ2) is 6.75. The number of esters is 1. The van der Waals surface area contributed by atoms with Crippen LogP contribution in [-0.4, -0.2) is 24.7 Å². The van der Waals surface area contributed by atoms with Crippen LogP contribution in [0.3, 0.4) is 0 Å². The molecular weight excluding hydrogens is 264 g/mol. The lowest BCUT2D eigenvalue weighted by Crippen LogP contribution is -2.12. The van der Waals surface area contributed by atoms with Gasteiger partial charge in [-0.2, -0.15) is 0 Å². The molecule has 0 atom stereocenters. The highest BCUT2D eigenvalue weighted by atomic mass is 32.1. The smallest absolute Gasteiger partial charge is 0.343 e. The van der Waals surface area contributed by atoms with Crippen molar-refractivity contribution in [2.24, 2.45) is 0 Å². The third kappa shape index (κ3) is 4.26. The predicted molar refractivity (Wildman–Crippen MR) is 73.4 cm³/mol. The second-order valence-electron chi connectivity index (χ2n) is 3.67. The molecule has 5 nitrogen and oxygen atoms in total. The Morgan fingerprint density at radius 3 is 2.79 bits per heavy atom. The van der Waals surface area contributed by atoms with E-state index < -0.39 is 5.97 Å². The highest BCUT2D eigenvalue weighted by Gasteiger charge is 2.02. The molecule has 0 aliphatic heterocycles. The summed E-state index contributed by atoms with van der Waals surface area (Å²) in [6.07, 6.45) is 1.78.